The van der Waals surface area contributed by atoms with Crippen LogP contribution >= 0.6 is 0 Å². The fraction of sp³-hybridized carbons (Fsp3) is 0.368. The Hall–Kier alpha value is -2.23. The molecule has 1 saturated carbocycles. The van der Waals surface area contributed by atoms with Crippen molar-refractivity contribution in [3.63, 3.8) is 0 Å². The molecule has 0 aliphatic heterocycles. The normalized spacial score (nSPS) is 16.1. The van der Waals surface area contributed by atoms with Crippen molar-refractivity contribution in [3.8, 4) is 11.3 Å². The Labute approximate surface area is 135 Å². The van der Waals surface area contributed by atoms with Crippen LogP contribution in [0.2, 0.25) is 0 Å². The van der Waals surface area contributed by atoms with Crippen LogP contribution in [-0.2, 0) is 11.8 Å². The molecule has 1 aromatic heterocycles. The lowest BCUT2D eigenvalue weighted by molar-refractivity contribution is -0.119. The molecule has 1 aliphatic rings. The van der Waals surface area contributed by atoms with Crippen molar-refractivity contribution < 1.29 is 9.18 Å². The van der Waals surface area contributed by atoms with E-state index in [2.05, 4.69) is 4.98 Å². The van der Waals surface area contributed by atoms with Gasteiger partial charge in [0.15, 0.2) is 5.78 Å². The van der Waals surface area contributed by atoms with Crippen molar-refractivity contribution in [2.75, 3.05) is 0 Å². The summed E-state index contributed by atoms with van der Waals surface area (Å²) in [6.07, 6.45) is 12.2. The van der Waals surface area contributed by atoms with Gasteiger partial charge in [0.2, 0.25) is 0 Å². The van der Waals surface area contributed by atoms with E-state index in [9.17, 15) is 9.18 Å². The Kier molecular flexibility index (Phi) is 4.70. The smallest absolute Gasteiger partial charge is 0.158 e. The topological polar surface area (TPSA) is 34.9 Å². The summed E-state index contributed by atoms with van der Waals surface area (Å²) in [5.41, 5.74) is 1.71. The van der Waals surface area contributed by atoms with E-state index in [1.807, 2.05) is 13.1 Å². The molecule has 0 N–H and O–H groups in total. The van der Waals surface area contributed by atoms with Crippen LogP contribution < -0.4 is 0 Å². The number of ketones is 1. The molecule has 1 aliphatic carbocycles. The largest absolute Gasteiger partial charge is 0.340 e. The summed E-state index contributed by atoms with van der Waals surface area (Å²) in [5.74, 6) is -0.0382. The van der Waals surface area contributed by atoms with E-state index in [0.29, 0.717) is 16.8 Å². The minimum Gasteiger partial charge on any atom is -0.340 e. The molecule has 0 radical (unpaired) electrons. The van der Waals surface area contributed by atoms with Gasteiger partial charge >= 0.3 is 0 Å². The monoisotopic (exact) mass is 312 g/mol. The first-order valence-electron chi connectivity index (χ1n) is 8.14. The fourth-order valence-corrected chi connectivity index (χ4v) is 3.19. The van der Waals surface area contributed by atoms with Gasteiger partial charge in [-0.1, -0.05) is 37.5 Å². The molecule has 4 heteroatoms. The number of carbonyl (C=O) groups is 1. The molecule has 1 fully saturated rings. The molecule has 3 rings (SSSR count). The van der Waals surface area contributed by atoms with Gasteiger partial charge in [-0.25, -0.2) is 9.37 Å². The lowest BCUT2D eigenvalue weighted by Crippen LogP contribution is -2.15. The Bertz CT molecular complexity index is 727. The summed E-state index contributed by atoms with van der Waals surface area (Å²) < 4.78 is 16.0. The predicted octanol–water partition coefficient (Wildman–Crippen LogP) is 4.39. The number of rotatable bonds is 4. The molecule has 120 valence electrons. The second kappa shape index (κ2) is 6.90. The van der Waals surface area contributed by atoms with Gasteiger partial charge in [-0.2, -0.15) is 0 Å². The van der Waals surface area contributed by atoms with Gasteiger partial charge in [0, 0.05) is 24.7 Å². The van der Waals surface area contributed by atoms with E-state index in [1.165, 1.54) is 12.5 Å². The first-order valence-corrected chi connectivity index (χ1v) is 8.14. The van der Waals surface area contributed by atoms with Crippen LogP contribution in [0.5, 0.6) is 0 Å². The van der Waals surface area contributed by atoms with E-state index in [-0.39, 0.29) is 17.5 Å². The van der Waals surface area contributed by atoms with Crippen molar-refractivity contribution in [2.45, 2.75) is 32.1 Å². The second-order valence-electron chi connectivity index (χ2n) is 6.20. The van der Waals surface area contributed by atoms with Crippen molar-refractivity contribution in [2.24, 2.45) is 13.0 Å². The minimum atomic E-state index is -0.323. The number of aromatic nitrogens is 2. The molecule has 0 bridgehead atoms. The number of hydrogen-bond donors (Lipinski definition) is 0. The fourth-order valence-electron chi connectivity index (χ4n) is 3.19. The quantitative estimate of drug-likeness (QED) is 0.785. The standard InChI is InChI=1S/C19H21FN2O/c1-22-12-17(21-13-22)19-15(8-5-9-16(19)20)10-11-18(23)14-6-3-2-4-7-14/h5,8-14H,2-4,6-7H2,1H3/b11-10+. The van der Waals surface area contributed by atoms with Crippen molar-refractivity contribution in [1.29, 1.82) is 0 Å². The van der Waals surface area contributed by atoms with Crippen molar-refractivity contribution in [1.82, 2.24) is 9.55 Å². The van der Waals surface area contributed by atoms with E-state index in [1.54, 1.807) is 35.3 Å². The lowest BCUT2D eigenvalue weighted by atomic mass is 9.86. The van der Waals surface area contributed by atoms with Gasteiger partial charge in [-0.05, 0) is 30.5 Å². The third kappa shape index (κ3) is 3.58. The van der Waals surface area contributed by atoms with E-state index < -0.39 is 0 Å². The summed E-state index contributed by atoms with van der Waals surface area (Å²) in [7, 11) is 1.85. The van der Waals surface area contributed by atoms with Crippen LogP contribution in [-0.4, -0.2) is 15.3 Å². The maximum atomic E-state index is 14.3. The number of halogens is 1. The zero-order valence-corrected chi connectivity index (χ0v) is 13.3. The average molecular weight is 312 g/mol. The van der Waals surface area contributed by atoms with Crippen LogP contribution in [0.25, 0.3) is 17.3 Å². The van der Waals surface area contributed by atoms with Gasteiger partial charge in [0.05, 0.1) is 12.0 Å². The Morgan fingerprint density at radius 3 is 2.78 bits per heavy atom. The maximum Gasteiger partial charge on any atom is 0.158 e. The molecule has 0 atom stereocenters. The van der Waals surface area contributed by atoms with E-state index in [0.717, 1.165) is 25.7 Å². The number of nitrogens with zero attached hydrogens (tertiary/aromatic N) is 2. The number of hydrogen-bond acceptors (Lipinski definition) is 2. The molecule has 0 unspecified atom stereocenters. The van der Waals surface area contributed by atoms with Crippen LogP contribution in [0, 0.1) is 11.7 Å². The molecular formula is C19H21FN2O. The molecular weight excluding hydrogens is 291 g/mol. The van der Waals surface area contributed by atoms with Gasteiger partial charge in [0.1, 0.15) is 5.82 Å². The van der Waals surface area contributed by atoms with Gasteiger partial charge in [0.25, 0.3) is 0 Å². The summed E-state index contributed by atoms with van der Waals surface area (Å²) in [6, 6.07) is 4.90. The molecule has 0 saturated heterocycles. The highest BCUT2D eigenvalue weighted by Gasteiger charge is 2.19. The van der Waals surface area contributed by atoms with Gasteiger partial charge < -0.3 is 4.57 Å². The third-order valence-electron chi connectivity index (χ3n) is 4.44. The highest BCUT2D eigenvalue weighted by atomic mass is 19.1. The average Bonchev–Trinajstić information content (AvgIpc) is 2.99. The minimum absolute atomic E-state index is 0.131. The number of aryl methyl sites for hydroxylation is 1. The van der Waals surface area contributed by atoms with E-state index >= 15 is 0 Å². The lowest BCUT2D eigenvalue weighted by Gasteiger charge is -2.18. The molecule has 1 aromatic carbocycles. The van der Waals surface area contributed by atoms with Gasteiger partial charge in [-0.3, -0.25) is 4.79 Å². The van der Waals surface area contributed by atoms with Crippen LogP contribution in [0.15, 0.2) is 36.8 Å². The van der Waals surface area contributed by atoms with Crippen LogP contribution in [0.3, 0.4) is 0 Å². The summed E-state index contributed by atoms with van der Waals surface area (Å²) in [4.78, 5) is 16.5. The summed E-state index contributed by atoms with van der Waals surface area (Å²) in [5, 5.41) is 0. The molecule has 23 heavy (non-hydrogen) atoms. The van der Waals surface area contributed by atoms with Crippen molar-refractivity contribution in [3.05, 3.63) is 48.2 Å². The number of carbonyl (C=O) groups excluding carboxylic acids is 1. The Morgan fingerprint density at radius 1 is 1.30 bits per heavy atom. The third-order valence-corrected chi connectivity index (χ3v) is 4.44. The summed E-state index contributed by atoms with van der Waals surface area (Å²) >= 11 is 0. The van der Waals surface area contributed by atoms with Crippen LogP contribution in [0.1, 0.15) is 37.7 Å². The first kappa shape index (κ1) is 15.7. The van der Waals surface area contributed by atoms with Crippen molar-refractivity contribution >= 4 is 11.9 Å². The molecule has 1 heterocycles. The molecule has 0 amide bonds. The highest BCUT2D eigenvalue weighted by molar-refractivity contribution is 5.96. The van der Waals surface area contributed by atoms with Gasteiger partial charge in [-0.15, -0.1) is 0 Å². The molecule has 2 aromatic rings. The predicted molar refractivity (Wildman–Crippen MR) is 89.2 cm³/mol. The second-order valence-corrected chi connectivity index (χ2v) is 6.20. The number of benzene rings is 1. The molecule has 3 nitrogen and oxygen atoms in total. The molecule has 0 spiro atoms. The Balaban J connectivity index is 1.86. The zero-order chi connectivity index (χ0) is 16.2. The number of allylic oxidation sites excluding steroid dienone is 1. The first-order chi connectivity index (χ1) is 11.1. The highest BCUT2D eigenvalue weighted by Crippen LogP contribution is 2.28. The van der Waals surface area contributed by atoms with E-state index in [4.69, 9.17) is 0 Å². The van der Waals surface area contributed by atoms with Crippen LogP contribution in [0.4, 0.5) is 4.39 Å². The maximum absolute atomic E-state index is 14.3. The Morgan fingerprint density at radius 2 is 2.09 bits per heavy atom. The number of imidazole rings is 1. The SMILES string of the molecule is Cn1cnc(-c2c(F)cccc2/C=C/C(=O)C2CCCCC2)c1. The summed E-state index contributed by atoms with van der Waals surface area (Å²) in [6.45, 7) is 0. The zero-order valence-electron chi connectivity index (χ0n) is 13.3.